The summed E-state index contributed by atoms with van der Waals surface area (Å²) in [6.45, 7) is 5.53. The molecule has 25 heavy (non-hydrogen) atoms. The zero-order valence-corrected chi connectivity index (χ0v) is 15.1. The Bertz CT molecular complexity index is 696. The number of carbonyl (C=O) groups is 3. The third-order valence-electron chi connectivity index (χ3n) is 3.60. The molecule has 1 aromatic rings. The maximum atomic E-state index is 12.4. The number of carboxylic acid groups (broad SMARTS) is 1. The van der Waals surface area contributed by atoms with Crippen LogP contribution in [0.15, 0.2) is 18.2 Å². The molecule has 0 aliphatic heterocycles. The van der Waals surface area contributed by atoms with Crippen molar-refractivity contribution in [1.82, 2.24) is 10.6 Å². The molecular formula is C17H22ClN3O4. The van der Waals surface area contributed by atoms with Crippen molar-refractivity contribution in [3.8, 4) is 0 Å². The standard InChI is InChI=1S/C17H22ClN3O4/c1-17(2,3)21-16(25)19-10-6-7-12(18)11(8-10)14(22)20-13(15(23)24)9-4-5-9/h6-9,13H,4-5H2,1-3H3,(H,20,22)(H,23,24)(H2,19,21,25). The van der Waals surface area contributed by atoms with Gasteiger partial charge in [-0.2, -0.15) is 0 Å². The summed E-state index contributed by atoms with van der Waals surface area (Å²) in [4.78, 5) is 35.6. The van der Waals surface area contributed by atoms with Crippen LogP contribution in [-0.2, 0) is 4.79 Å². The van der Waals surface area contributed by atoms with Gasteiger partial charge in [0.25, 0.3) is 5.91 Å². The first-order valence-corrected chi connectivity index (χ1v) is 8.37. The highest BCUT2D eigenvalue weighted by Gasteiger charge is 2.37. The Hall–Kier alpha value is -2.28. The molecule has 1 fully saturated rings. The van der Waals surface area contributed by atoms with Crippen LogP contribution in [0, 0.1) is 5.92 Å². The zero-order chi connectivity index (χ0) is 18.8. The van der Waals surface area contributed by atoms with Crippen molar-refractivity contribution < 1.29 is 19.5 Å². The van der Waals surface area contributed by atoms with Crippen LogP contribution in [0.1, 0.15) is 44.0 Å². The quantitative estimate of drug-likeness (QED) is 0.641. The molecule has 1 unspecified atom stereocenters. The van der Waals surface area contributed by atoms with Gasteiger partial charge in [-0.3, -0.25) is 4.79 Å². The minimum absolute atomic E-state index is 0.0425. The summed E-state index contributed by atoms with van der Waals surface area (Å²) in [6, 6.07) is 3.13. The van der Waals surface area contributed by atoms with Crippen molar-refractivity contribution in [2.45, 2.75) is 45.2 Å². The van der Waals surface area contributed by atoms with Gasteiger partial charge in [0, 0.05) is 11.2 Å². The first-order valence-electron chi connectivity index (χ1n) is 7.99. The smallest absolute Gasteiger partial charge is 0.326 e. The molecule has 1 aromatic carbocycles. The van der Waals surface area contributed by atoms with Crippen LogP contribution in [0.2, 0.25) is 5.02 Å². The van der Waals surface area contributed by atoms with Gasteiger partial charge in [-0.1, -0.05) is 11.6 Å². The number of hydrogen-bond acceptors (Lipinski definition) is 3. The normalized spacial score (nSPS) is 15.2. The lowest BCUT2D eigenvalue weighted by Gasteiger charge is -2.21. The van der Waals surface area contributed by atoms with E-state index in [0.717, 1.165) is 12.8 Å². The number of carboxylic acids is 1. The average Bonchev–Trinajstić information content (AvgIpc) is 3.28. The molecule has 7 nitrogen and oxygen atoms in total. The predicted molar refractivity (Wildman–Crippen MR) is 95.0 cm³/mol. The first kappa shape index (κ1) is 19.1. The second-order valence-corrected chi connectivity index (χ2v) is 7.56. The highest BCUT2D eigenvalue weighted by molar-refractivity contribution is 6.34. The summed E-state index contributed by atoms with van der Waals surface area (Å²) in [7, 11) is 0. The summed E-state index contributed by atoms with van der Waals surface area (Å²) in [6.07, 6.45) is 1.55. The molecule has 1 aliphatic rings. The number of rotatable bonds is 5. The Labute approximate surface area is 151 Å². The van der Waals surface area contributed by atoms with E-state index in [1.165, 1.54) is 12.1 Å². The molecule has 2 rings (SSSR count). The molecule has 0 aromatic heterocycles. The van der Waals surface area contributed by atoms with Crippen molar-refractivity contribution in [1.29, 1.82) is 0 Å². The fraction of sp³-hybridized carbons (Fsp3) is 0.471. The molecule has 136 valence electrons. The van der Waals surface area contributed by atoms with Gasteiger partial charge in [0.15, 0.2) is 0 Å². The summed E-state index contributed by atoms with van der Waals surface area (Å²) < 4.78 is 0. The number of urea groups is 1. The molecule has 0 bridgehead atoms. The van der Waals surface area contributed by atoms with Crippen molar-refractivity contribution in [3.63, 3.8) is 0 Å². The SMILES string of the molecule is CC(C)(C)NC(=O)Nc1ccc(Cl)c(C(=O)NC(C(=O)O)C2CC2)c1. The number of aliphatic carboxylic acids is 1. The summed E-state index contributed by atoms with van der Waals surface area (Å²) in [5.74, 6) is -1.69. The number of amides is 3. The molecule has 1 atom stereocenters. The topological polar surface area (TPSA) is 108 Å². The van der Waals surface area contributed by atoms with Crippen molar-refractivity contribution >= 4 is 35.2 Å². The van der Waals surface area contributed by atoms with Crippen LogP contribution in [0.3, 0.4) is 0 Å². The van der Waals surface area contributed by atoms with E-state index in [-0.39, 0.29) is 16.5 Å². The van der Waals surface area contributed by atoms with E-state index in [1.807, 2.05) is 20.8 Å². The Morgan fingerprint density at radius 1 is 1.24 bits per heavy atom. The Kier molecular flexibility index (Phi) is 5.57. The summed E-state index contributed by atoms with van der Waals surface area (Å²) in [5, 5.41) is 17.3. The number of hydrogen-bond donors (Lipinski definition) is 4. The van der Waals surface area contributed by atoms with E-state index in [9.17, 15) is 19.5 Å². The molecule has 3 amide bonds. The van der Waals surface area contributed by atoms with Crippen molar-refractivity contribution in [2.75, 3.05) is 5.32 Å². The molecule has 1 saturated carbocycles. The van der Waals surface area contributed by atoms with Crippen LogP contribution in [0.5, 0.6) is 0 Å². The van der Waals surface area contributed by atoms with Crippen LogP contribution >= 0.6 is 11.6 Å². The minimum Gasteiger partial charge on any atom is -0.480 e. The van der Waals surface area contributed by atoms with Crippen LogP contribution in [0.4, 0.5) is 10.5 Å². The zero-order valence-electron chi connectivity index (χ0n) is 14.4. The van der Waals surface area contributed by atoms with Gasteiger partial charge < -0.3 is 21.1 Å². The lowest BCUT2D eigenvalue weighted by Crippen LogP contribution is -2.43. The highest BCUT2D eigenvalue weighted by atomic mass is 35.5. The highest BCUT2D eigenvalue weighted by Crippen LogP contribution is 2.33. The minimum atomic E-state index is -1.06. The molecule has 0 heterocycles. The van der Waals surface area contributed by atoms with E-state index in [1.54, 1.807) is 6.07 Å². The Balaban J connectivity index is 2.11. The molecule has 1 aliphatic carbocycles. The van der Waals surface area contributed by atoms with Crippen LogP contribution in [-0.4, -0.2) is 34.6 Å². The predicted octanol–water partition coefficient (Wildman–Crippen LogP) is 2.85. The molecule has 0 spiro atoms. The molecule has 4 N–H and O–H groups in total. The maximum absolute atomic E-state index is 12.4. The molecule has 0 saturated heterocycles. The van der Waals surface area contributed by atoms with Gasteiger partial charge >= 0.3 is 12.0 Å². The van der Waals surface area contributed by atoms with Crippen molar-refractivity contribution in [3.05, 3.63) is 28.8 Å². The fourth-order valence-corrected chi connectivity index (χ4v) is 2.51. The number of benzene rings is 1. The number of nitrogens with one attached hydrogen (secondary N) is 3. The third kappa shape index (κ3) is 5.63. The Morgan fingerprint density at radius 3 is 2.40 bits per heavy atom. The van der Waals surface area contributed by atoms with Crippen molar-refractivity contribution in [2.24, 2.45) is 5.92 Å². The number of carbonyl (C=O) groups excluding carboxylic acids is 2. The summed E-state index contributed by atoms with van der Waals surface area (Å²) >= 11 is 6.06. The Morgan fingerprint density at radius 2 is 1.88 bits per heavy atom. The van der Waals surface area contributed by atoms with E-state index in [4.69, 9.17) is 11.6 Å². The number of halogens is 1. The van der Waals surface area contributed by atoms with Gasteiger partial charge in [-0.05, 0) is 57.7 Å². The van der Waals surface area contributed by atoms with E-state index >= 15 is 0 Å². The largest absolute Gasteiger partial charge is 0.480 e. The first-order chi connectivity index (χ1) is 11.6. The van der Waals surface area contributed by atoms with Gasteiger partial charge in [0.1, 0.15) is 6.04 Å². The van der Waals surface area contributed by atoms with E-state index < -0.39 is 29.5 Å². The monoisotopic (exact) mass is 367 g/mol. The summed E-state index contributed by atoms with van der Waals surface area (Å²) in [5.41, 5.74) is 0.0899. The maximum Gasteiger partial charge on any atom is 0.326 e. The lowest BCUT2D eigenvalue weighted by molar-refractivity contribution is -0.139. The van der Waals surface area contributed by atoms with Gasteiger partial charge in [-0.25, -0.2) is 9.59 Å². The van der Waals surface area contributed by atoms with E-state index in [0.29, 0.717) is 5.69 Å². The molecular weight excluding hydrogens is 346 g/mol. The second-order valence-electron chi connectivity index (χ2n) is 7.15. The van der Waals surface area contributed by atoms with Gasteiger partial charge in [-0.15, -0.1) is 0 Å². The molecule has 0 radical (unpaired) electrons. The third-order valence-corrected chi connectivity index (χ3v) is 3.93. The number of anilines is 1. The van der Waals surface area contributed by atoms with Crippen LogP contribution in [0.25, 0.3) is 0 Å². The second kappa shape index (κ2) is 7.31. The average molecular weight is 368 g/mol. The van der Waals surface area contributed by atoms with Gasteiger partial charge in [0.2, 0.25) is 0 Å². The van der Waals surface area contributed by atoms with Crippen LogP contribution < -0.4 is 16.0 Å². The fourth-order valence-electron chi connectivity index (χ4n) is 2.31. The lowest BCUT2D eigenvalue weighted by atomic mass is 10.1. The van der Waals surface area contributed by atoms with E-state index in [2.05, 4.69) is 16.0 Å². The molecule has 8 heteroatoms. The van der Waals surface area contributed by atoms with Gasteiger partial charge in [0.05, 0.1) is 10.6 Å².